The Hall–Kier alpha value is -1.29. The van der Waals surface area contributed by atoms with Gasteiger partial charge in [0.15, 0.2) is 0 Å². The number of halogens is 1. The second-order valence-electron chi connectivity index (χ2n) is 3.36. The van der Waals surface area contributed by atoms with Gasteiger partial charge in [-0.15, -0.1) is 0 Å². The fourth-order valence-electron chi connectivity index (χ4n) is 1.58. The number of carbonyl (C=O) groups is 1. The number of hydrogen-bond acceptors (Lipinski definition) is 3. The number of rotatable bonds is 3. The van der Waals surface area contributed by atoms with Crippen molar-refractivity contribution >= 4 is 32.9 Å². The normalized spacial score (nSPS) is 10.6. The molecule has 0 aliphatic heterocycles. The van der Waals surface area contributed by atoms with E-state index in [-0.39, 0.29) is 12.4 Å². The third-order valence-electron chi connectivity index (χ3n) is 2.27. The van der Waals surface area contributed by atoms with Gasteiger partial charge in [0.05, 0.1) is 23.8 Å². The van der Waals surface area contributed by atoms with Gasteiger partial charge in [0, 0.05) is 10.9 Å². The van der Waals surface area contributed by atoms with Gasteiger partial charge in [0.25, 0.3) is 0 Å². The van der Waals surface area contributed by atoms with Crippen molar-refractivity contribution in [1.82, 2.24) is 0 Å². The molecule has 0 atom stereocenters. The van der Waals surface area contributed by atoms with Crippen LogP contribution in [0.1, 0.15) is 12.5 Å². The molecular weight excluding hydrogens is 272 g/mol. The lowest BCUT2D eigenvalue weighted by atomic mass is 10.1. The van der Waals surface area contributed by atoms with E-state index < -0.39 is 0 Å². The average Bonchev–Trinajstić information content (AvgIpc) is 2.64. The molecule has 0 saturated heterocycles. The van der Waals surface area contributed by atoms with E-state index in [0.717, 1.165) is 21.0 Å². The van der Waals surface area contributed by atoms with Gasteiger partial charge in [-0.3, -0.25) is 4.79 Å². The van der Waals surface area contributed by atoms with E-state index in [1.807, 2.05) is 18.2 Å². The van der Waals surface area contributed by atoms with Crippen molar-refractivity contribution in [2.75, 3.05) is 6.61 Å². The van der Waals surface area contributed by atoms with E-state index in [1.165, 1.54) is 0 Å². The zero-order chi connectivity index (χ0) is 11.5. The lowest BCUT2D eigenvalue weighted by Gasteiger charge is -1.99. The molecule has 3 nitrogen and oxygen atoms in total. The Morgan fingerprint density at radius 2 is 2.31 bits per heavy atom. The number of carbonyl (C=O) groups excluding carboxylic acids is 1. The van der Waals surface area contributed by atoms with Gasteiger partial charge in [0.1, 0.15) is 5.58 Å². The van der Waals surface area contributed by atoms with Crippen molar-refractivity contribution in [3.8, 4) is 0 Å². The SMILES string of the molecule is CCOC(=O)Cc1coc2c(Br)cccc12. The van der Waals surface area contributed by atoms with Crippen LogP contribution in [0.15, 0.2) is 33.4 Å². The summed E-state index contributed by atoms with van der Waals surface area (Å²) in [5.74, 6) is -0.231. The van der Waals surface area contributed by atoms with E-state index in [9.17, 15) is 4.79 Å². The summed E-state index contributed by atoms with van der Waals surface area (Å²) in [7, 11) is 0. The molecule has 16 heavy (non-hydrogen) atoms. The molecule has 0 aliphatic rings. The zero-order valence-corrected chi connectivity index (χ0v) is 10.4. The van der Waals surface area contributed by atoms with Gasteiger partial charge < -0.3 is 9.15 Å². The maximum absolute atomic E-state index is 11.4. The van der Waals surface area contributed by atoms with Crippen LogP contribution in [0.5, 0.6) is 0 Å². The molecule has 0 amide bonds. The Labute approximate surface area is 102 Å². The molecule has 84 valence electrons. The first-order valence-electron chi connectivity index (χ1n) is 5.02. The molecule has 0 unspecified atom stereocenters. The molecule has 1 aromatic heterocycles. The highest BCUT2D eigenvalue weighted by Gasteiger charge is 2.12. The maximum Gasteiger partial charge on any atom is 0.310 e. The van der Waals surface area contributed by atoms with Gasteiger partial charge >= 0.3 is 5.97 Å². The number of esters is 1. The largest absolute Gasteiger partial charge is 0.466 e. The summed E-state index contributed by atoms with van der Waals surface area (Å²) in [5.41, 5.74) is 1.62. The number of ether oxygens (including phenoxy) is 1. The van der Waals surface area contributed by atoms with Gasteiger partial charge in [-0.05, 0) is 28.9 Å². The van der Waals surface area contributed by atoms with Crippen LogP contribution in [0.4, 0.5) is 0 Å². The van der Waals surface area contributed by atoms with Crippen molar-refractivity contribution in [3.05, 3.63) is 34.5 Å². The Bertz CT molecular complexity index is 516. The van der Waals surface area contributed by atoms with Crippen LogP contribution in [-0.2, 0) is 16.0 Å². The maximum atomic E-state index is 11.4. The lowest BCUT2D eigenvalue weighted by Crippen LogP contribution is -2.06. The first kappa shape index (κ1) is 11.2. The summed E-state index contributed by atoms with van der Waals surface area (Å²) < 4.78 is 11.2. The number of furan rings is 1. The fourth-order valence-corrected chi connectivity index (χ4v) is 2.04. The average molecular weight is 283 g/mol. The van der Waals surface area contributed by atoms with Gasteiger partial charge in [-0.2, -0.15) is 0 Å². The molecule has 1 aromatic carbocycles. The molecular formula is C12H11BrO3. The molecule has 0 radical (unpaired) electrons. The highest BCUT2D eigenvalue weighted by molar-refractivity contribution is 9.10. The van der Waals surface area contributed by atoms with E-state index in [0.29, 0.717) is 6.61 Å². The molecule has 0 bridgehead atoms. The van der Waals surface area contributed by atoms with Crippen LogP contribution in [0, 0.1) is 0 Å². The van der Waals surface area contributed by atoms with Crippen LogP contribution in [0.2, 0.25) is 0 Å². The van der Waals surface area contributed by atoms with Gasteiger partial charge in [-0.25, -0.2) is 0 Å². The summed E-state index contributed by atoms with van der Waals surface area (Å²) in [6, 6.07) is 5.74. The summed E-state index contributed by atoms with van der Waals surface area (Å²) >= 11 is 3.40. The third kappa shape index (κ3) is 2.11. The van der Waals surface area contributed by atoms with Gasteiger partial charge in [-0.1, -0.05) is 12.1 Å². The van der Waals surface area contributed by atoms with Crippen molar-refractivity contribution in [2.24, 2.45) is 0 Å². The second-order valence-corrected chi connectivity index (χ2v) is 4.21. The van der Waals surface area contributed by atoms with Crippen molar-refractivity contribution < 1.29 is 13.9 Å². The highest BCUT2D eigenvalue weighted by Crippen LogP contribution is 2.28. The van der Waals surface area contributed by atoms with Crippen LogP contribution >= 0.6 is 15.9 Å². The second kappa shape index (κ2) is 4.70. The minimum atomic E-state index is -0.231. The number of para-hydroxylation sites is 1. The van der Waals surface area contributed by atoms with E-state index in [1.54, 1.807) is 13.2 Å². The third-order valence-corrected chi connectivity index (χ3v) is 2.90. The number of benzene rings is 1. The van der Waals surface area contributed by atoms with Crippen LogP contribution < -0.4 is 0 Å². The molecule has 0 spiro atoms. The van der Waals surface area contributed by atoms with E-state index >= 15 is 0 Å². The molecule has 2 rings (SSSR count). The Morgan fingerprint density at radius 3 is 3.06 bits per heavy atom. The predicted molar refractivity (Wildman–Crippen MR) is 64.3 cm³/mol. The molecule has 0 fully saturated rings. The molecule has 4 heteroatoms. The van der Waals surface area contributed by atoms with E-state index in [2.05, 4.69) is 15.9 Å². The smallest absolute Gasteiger partial charge is 0.310 e. The molecule has 0 N–H and O–H groups in total. The Balaban J connectivity index is 2.32. The highest BCUT2D eigenvalue weighted by atomic mass is 79.9. The van der Waals surface area contributed by atoms with Crippen molar-refractivity contribution in [3.63, 3.8) is 0 Å². The Morgan fingerprint density at radius 1 is 1.50 bits per heavy atom. The first-order valence-corrected chi connectivity index (χ1v) is 5.82. The van der Waals surface area contributed by atoms with Gasteiger partial charge in [0.2, 0.25) is 0 Å². The Kier molecular flexibility index (Phi) is 3.29. The first-order chi connectivity index (χ1) is 7.72. The minimum Gasteiger partial charge on any atom is -0.466 e. The fraction of sp³-hybridized carbons (Fsp3) is 0.250. The zero-order valence-electron chi connectivity index (χ0n) is 8.83. The van der Waals surface area contributed by atoms with Crippen LogP contribution in [0.25, 0.3) is 11.0 Å². The quantitative estimate of drug-likeness (QED) is 0.811. The van der Waals surface area contributed by atoms with Crippen LogP contribution in [0.3, 0.4) is 0 Å². The molecule has 2 aromatic rings. The molecule has 0 saturated carbocycles. The summed E-state index contributed by atoms with van der Waals surface area (Å²) in [6.45, 7) is 2.19. The van der Waals surface area contributed by atoms with Crippen molar-refractivity contribution in [1.29, 1.82) is 0 Å². The summed E-state index contributed by atoms with van der Waals surface area (Å²) in [6.07, 6.45) is 1.85. The standard InChI is InChI=1S/C12H11BrO3/c1-2-15-11(14)6-8-7-16-12-9(8)4-3-5-10(12)13/h3-5,7H,2,6H2,1H3. The minimum absolute atomic E-state index is 0.231. The molecule has 0 aliphatic carbocycles. The van der Waals surface area contributed by atoms with Crippen molar-refractivity contribution in [2.45, 2.75) is 13.3 Å². The topological polar surface area (TPSA) is 39.4 Å². The molecule has 1 heterocycles. The summed E-state index contributed by atoms with van der Waals surface area (Å²) in [4.78, 5) is 11.4. The number of fused-ring (bicyclic) bond motifs is 1. The van der Waals surface area contributed by atoms with Crippen LogP contribution in [-0.4, -0.2) is 12.6 Å². The summed E-state index contributed by atoms with van der Waals surface area (Å²) in [5, 5.41) is 0.947. The monoisotopic (exact) mass is 282 g/mol. The predicted octanol–water partition coefficient (Wildman–Crippen LogP) is 3.30. The number of hydrogen-bond donors (Lipinski definition) is 0. The van der Waals surface area contributed by atoms with E-state index in [4.69, 9.17) is 9.15 Å². The lowest BCUT2D eigenvalue weighted by molar-refractivity contribution is -0.142.